The number of carboxylic acids is 1. The Balaban J connectivity index is 2.17. The molecule has 0 bridgehead atoms. The number of carbonyl (C=O) groups excluding carboxylic acids is 1. The van der Waals surface area contributed by atoms with Crippen molar-refractivity contribution < 1.29 is 19.4 Å². The molecular weight excluding hydrogens is 306 g/mol. The first-order chi connectivity index (χ1) is 10.4. The number of hydrogen-bond donors (Lipinski definition) is 2. The lowest BCUT2D eigenvalue weighted by atomic mass is 10.3. The summed E-state index contributed by atoms with van der Waals surface area (Å²) in [6.07, 6.45) is 0. The van der Waals surface area contributed by atoms with Crippen LogP contribution in [0.15, 0.2) is 11.4 Å². The summed E-state index contributed by atoms with van der Waals surface area (Å²) in [5.41, 5.74) is 2.29. The summed E-state index contributed by atoms with van der Waals surface area (Å²) in [6, 6.07) is 1.36. The third-order valence-electron chi connectivity index (χ3n) is 3.20. The van der Waals surface area contributed by atoms with E-state index in [2.05, 4.69) is 10.4 Å². The van der Waals surface area contributed by atoms with Crippen molar-refractivity contribution in [3.8, 4) is 0 Å². The molecule has 2 aromatic rings. The molecule has 118 valence electrons. The van der Waals surface area contributed by atoms with Crippen molar-refractivity contribution in [1.82, 2.24) is 9.78 Å². The lowest BCUT2D eigenvalue weighted by molar-refractivity contribution is 0.0697. The normalized spacial score (nSPS) is 10.7. The van der Waals surface area contributed by atoms with Gasteiger partial charge >= 0.3 is 5.97 Å². The molecule has 2 aromatic heterocycles. The maximum absolute atomic E-state index is 12.2. The molecule has 0 aliphatic rings. The predicted octanol–water partition coefficient (Wildman–Crippen LogP) is 2.16. The third-order valence-corrected chi connectivity index (χ3v) is 4.13. The van der Waals surface area contributed by atoms with Gasteiger partial charge < -0.3 is 15.2 Å². The van der Waals surface area contributed by atoms with E-state index >= 15 is 0 Å². The highest BCUT2D eigenvalue weighted by molar-refractivity contribution is 7.12. The third kappa shape index (κ3) is 3.34. The number of thiophene rings is 1. The molecule has 0 unspecified atom stereocenters. The van der Waals surface area contributed by atoms with Crippen molar-refractivity contribution in [2.45, 2.75) is 20.4 Å². The van der Waals surface area contributed by atoms with E-state index in [4.69, 9.17) is 9.84 Å². The number of nitrogens with one attached hydrogen (secondary N) is 1. The van der Waals surface area contributed by atoms with E-state index in [0.717, 1.165) is 17.0 Å². The highest BCUT2D eigenvalue weighted by Gasteiger charge is 2.17. The van der Waals surface area contributed by atoms with E-state index < -0.39 is 5.97 Å². The highest BCUT2D eigenvalue weighted by atomic mass is 32.1. The summed E-state index contributed by atoms with van der Waals surface area (Å²) >= 11 is 1.10. The molecule has 0 fully saturated rings. The van der Waals surface area contributed by atoms with Gasteiger partial charge in [-0.15, -0.1) is 11.3 Å². The number of rotatable bonds is 6. The monoisotopic (exact) mass is 323 g/mol. The smallest absolute Gasteiger partial charge is 0.336 e. The number of nitrogens with zero attached hydrogens (tertiary/aromatic N) is 2. The van der Waals surface area contributed by atoms with E-state index in [1.807, 2.05) is 13.8 Å². The summed E-state index contributed by atoms with van der Waals surface area (Å²) in [5.74, 6) is -1.38. The molecule has 2 heterocycles. The van der Waals surface area contributed by atoms with Gasteiger partial charge in [0.1, 0.15) is 0 Å². The van der Waals surface area contributed by atoms with Gasteiger partial charge in [-0.1, -0.05) is 0 Å². The fourth-order valence-corrected chi connectivity index (χ4v) is 2.79. The van der Waals surface area contributed by atoms with Gasteiger partial charge in [0.2, 0.25) is 0 Å². The lowest BCUT2D eigenvalue weighted by Crippen LogP contribution is -2.12. The fraction of sp³-hybridized carbons (Fsp3) is 0.357. The summed E-state index contributed by atoms with van der Waals surface area (Å²) < 4.78 is 6.79. The van der Waals surface area contributed by atoms with Crippen LogP contribution in [0.25, 0.3) is 0 Å². The van der Waals surface area contributed by atoms with Crippen molar-refractivity contribution in [1.29, 1.82) is 0 Å². The molecule has 0 atom stereocenters. The number of carbonyl (C=O) groups is 2. The topological polar surface area (TPSA) is 93.5 Å². The Morgan fingerprint density at radius 1 is 1.45 bits per heavy atom. The Kier molecular flexibility index (Phi) is 4.94. The Labute approximate surface area is 131 Å². The first-order valence-electron chi connectivity index (χ1n) is 6.60. The lowest BCUT2D eigenvalue weighted by Gasteiger charge is -2.05. The van der Waals surface area contributed by atoms with Crippen LogP contribution in [0.5, 0.6) is 0 Å². The predicted molar refractivity (Wildman–Crippen MR) is 82.8 cm³/mol. The van der Waals surface area contributed by atoms with Crippen LogP contribution in [0.3, 0.4) is 0 Å². The summed E-state index contributed by atoms with van der Waals surface area (Å²) in [4.78, 5) is 23.4. The molecule has 8 heteroatoms. The summed E-state index contributed by atoms with van der Waals surface area (Å²) in [7, 11) is 1.62. The second kappa shape index (κ2) is 6.71. The van der Waals surface area contributed by atoms with Gasteiger partial charge in [-0.2, -0.15) is 5.10 Å². The van der Waals surface area contributed by atoms with Crippen LogP contribution in [0.1, 0.15) is 31.4 Å². The number of amides is 1. The van der Waals surface area contributed by atoms with Crippen molar-refractivity contribution in [2.24, 2.45) is 0 Å². The van der Waals surface area contributed by atoms with E-state index in [-0.39, 0.29) is 11.5 Å². The van der Waals surface area contributed by atoms with Gasteiger partial charge in [-0.3, -0.25) is 9.48 Å². The van der Waals surface area contributed by atoms with Crippen LogP contribution in [-0.2, 0) is 11.3 Å². The average Bonchev–Trinajstić information content (AvgIpc) is 3.06. The molecular formula is C14H17N3O4S. The molecule has 7 nitrogen and oxygen atoms in total. The van der Waals surface area contributed by atoms with E-state index in [1.165, 1.54) is 11.4 Å². The minimum atomic E-state index is -1.05. The van der Waals surface area contributed by atoms with Crippen molar-refractivity contribution in [2.75, 3.05) is 19.0 Å². The zero-order valence-electron chi connectivity index (χ0n) is 12.5. The SMILES string of the molecule is COCCn1nc(C)c(NC(=O)c2cc(C(=O)O)cs2)c1C. The first-order valence-corrected chi connectivity index (χ1v) is 7.48. The molecule has 22 heavy (non-hydrogen) atoms. The number of anilines is 1. The maximum Gasteiger partial charge on any atom is 0.336 e. The van der Waals surface area contributed by atoms with Crippen LogP contribution < -0.4 is 5.32 Å². The highest BCUT2D eigenvalue weighted by Crippen LogP contribution is 2.22. The second-order valence-corrected chi connectivity index (χ2v) is 5.63. The number of hydrogen-bond acceptors (Lipinski definition) is 5. The number of aromatic nitrogens is 2. The molecule has 0 aliphatic heterocycles. The summed E-state index contributed by atoms with van der Waals surface area (Å²) in [6.45, 7) is 4.80. The number of ether oxygens (including phenoxy) is 1. The molecule has 0 saturated heterocycles. The number of carboxylic acid groups (broad SMARTS) is 1. The molecule has 2 rings (SSSR count). The summed E-state index contributed by atoms with van der Waals surface area (Å²) in [5, 5.41) is 17.5. The van der Waals surface area contributed by atoms with Crippen molar-refractivity contribution in [3.63, 3.8) is 0 Å². The average molecular weight is 323 g/mol. The van der Waals surface area contributed by atoms with Crippen molar-refractivity contribution in [3.05, 3.63) is 33.3 Å². The van der Waals surface area contributed by atoms with Gasteiger partial charge in [0.05, 0.1) is 40.7 Å². The van der Waals surface area contributed by atoms with E-state index in [9.17, 15) is 9.59 Å². The zero-order valence-corrected chi connectivity index (χ0v) is 13.4. The van der Waals surface area contributed by atoms with Gasteiger partial charge in [0.25, 0.3) is 5.91 Å². The molecule has 0 radical (unpaired) electrons. The number of methoxy groups -OCH3 is 1. The Morgan fingerprint density at radius 2 is 2.18 bits per heavy atom. The molecule has 0 spiro atoms. The van der Waals surface area contributed by atoms with Gasteiger partial charge in [-0.25, -0.2) is 4.79 Å². The Bertz CT molecular complexity index is 705. The van der Waals surface area contributed by atoms with Crippen LogP contribution in [0.2, 0.25) is 0 Å². The largest absolute Gasteiger partial charge is 0.478 e. The molecule has 2 N–H and O–H groups in total. The second-order valence-electron chi connectivity index (χ2n) is 4.72. The van der Waals surface area contributed by atoms with Gasteiger partial charge in [0.15, 0.2) is 0 Å². The fourth-order valence-electron chi connectivity index (χ4n) is 2.02. The van der Waals surface area contributed by atoms with Crippen LogP contribution in [0, 0.1) is 13.8 Å². The first kappa shape index (κ1) is 16.2. The van der Waals surface area contributed by atoms with Gasteiger partial charge in [-0.05, 0) is 19.9 Å². The van der Waals surface area contributed by atoms with E-state index in [1.54, 1.807) is 11.8 Å². The van der Waals surface area contributed by atoms with Crippen molar-refractivity contribution >= 4 is 28.9 Å². The molecule has 0 aliphatic carbocycles. The molecule has 0 aromatic carbocycles. The van der Waals surface area contributed by atoms with Crippen LogP contribution in [0.4, 0.5) is 5.69 Å². The number of aryl methyl sites for hydroxylation is 1. The molecule has 1 amide bonds. The molecule has 0 saturated carbocycles. The van der Waals surface area contributed by atoms with Gasteiger partial charge in [0, 0.05) is 12.5 Å². The Hall–Kier alpha value is -2.19. The minimum Gasteiger partial charge on any atom is -0.478 e. The number of aromatic carboxylic acids is 1. The van der Waals surface area contributed by atoms with Crippen LogP contribution in [-0.4, -0.2) is 40.5 Å². The van der Waals surface area contributed by atoms with E-state index in [0.29, 0.717) is 29.4 Å². The maximum atomic E-state index is 12.2. The standard InChI is InChI=1S/C14H17N3O4S/c1-8-12(9(2)17(16-8)4-5-21-3)15-13(18)11-6-10(7-22-11)14(19)20/h6-7H,4-5H2,1-3H3,(H,15,18)(H,19,20). The Morgan fingerprint density at radius 3 is 2.77 bits per heavy atom. The minimum absolute atomic E-state index is 0.111. The quantitative estimate of drug-likeness (QED) is 0.849. The van der Waals surface area contributed by atoms with Crippen LogP contribution >= 0.6 is 11.3 Å². The zero-order chi connectivity index (χ0) is 16.3.